The highest BCUT2D eigenvalue weighted by molar-refractivity contribution is 5.66. The molecule has 0 atom stereocenters. The van der Waals surface area contributed by atoms with Gasteiger partial charge in [-0.2, -0.15) is 0 Å². The summed E-state index contributed by atoms with van der Waals surface area (Å²) in [6.45, 7) is 4.55. The van der Waals surface area contributed by atoms with E-state index in [9.17, 15) is 4.79 Å². The summed E-state index contributed by atoms with van der Waals surface area (Å²) in [5.74, 6) is -0.114. The molecule has 104 valence electrons. The van der Waals surface area contributed by atoms with Gasteiger partial charge in [0.1, 0.15) is 5.75 Å². The van der Waals surface area contributed by atoms with Crippen molar-refractivity contribution < 1.29 is 19.4 Å². The van der Waals surface area contributed by atoms with Gasteiger partial charge in [0.2, 0.25) is 0 Å². The lowest BCUT2D eigenvalue weighted by atomic mass is 10.2. The largest absolute Gasteiger partial charge is 0.493 e. The molecule has 0 unspecified atom stereocenters. The number of morpholine rings is 1. The van der Waals surface area contributed by atoms with E-state index in [1.54, 1.807) is 0 Å². The summed E-state index contributed by atoms with van der Waals surface area (Å²) in [7, 11) is 0. The molecule has 0 spiro atoms. The number of nitrogens with zero attached hydrogens (tertiary/aromatic N) is 1. The Bertz CT molecular complexity index is 416. The van der Waals surface area contributed by atoms with Crippen LogP contribution in [-0.2, 0) is 16.1 Å². The van der Waals surface area contributed by atoms with Crippen LogP contribution >= 0.6 is 0 Å². The second kappa shape index (κ2) is 7.11. The molecule has 0 bridgehead atoms. The Hall–Kier alpha value is -1.59. The molecule has 5 nitrogen and oxygen atoms in total. The van der Waals surface area contributed by atoms with Crippen LogP contribution in [0.15, 0.2) is 24.3 Å². The summed E-state index contributed by atoms with van der Waals surface area (Å²) in [5, 5.41) is 8.56. The minimum Gasteiger partial charge on any atom is -0.493 e. The van der Waals surface area contributed by atoms with Crippen molar-refractivity contribution in [2.75, 3.05) is 32.9 Å². The fraction of sp³-hybridized carbons (Fsp3) is 0.500. The monoisotopic (exact) mass is 265 g/mol. The van der Waals surface area contributed by atoms with Gasteiger partial charge in [-0.05, 0) is 17.7 Å². The average Bonchev–Trinajstić information content (AvgIpc) is 2.40. The number of hydrogen-bond acceptors (Lipinski definition) is 4. The number of ether oxygens (including phenoxy) is 2. The van der Waals surface area contributed by atoms with E-state index in [0.29, 0.717) is 0 Å². The lowest BCUT2D eigenvalue weighted by molar-refractivity contribution is -0.137. The summed E-state index contributed by atoms with van der Waals surface area (Å²) < 4.78 is 10.7. The van der Waals surface area contributed by atoms with E-state index in [0.717, 1.165) is 38.6 Å². The molecule has 1 heterocycles. The van der Waals surface area contributed by atoms with Gasteiger partial charge in [0, 0.05) is 19.6 Å². The molecule has 19 heavy (non-hydrogen) atoms. The van der Waals surface area contributed by atoms with Gasteiger partial charge >= 0.3 is 5.97 Å². The van der Waals surface area contributed by atoms with Crippen molar-refractivity contribution >= 4 is 5.97 Å². The van der Waals surface area contributed by atoms with Gasteiger partial charge in [-0.3, -0.25) is 9.69 Å². The molecule has 1 fully saturated rings. The molecule has 2 rings (SSSR count). The van der Waals surface area contributed by atoms with Crippen LogP contribution in [0, 0.1) is 0 Å². The number of rotatable bonds is 6. The molecule has 1 aliphatic rings. The predicted molar refractivity (Wildman–Crippen MR) is 70.3 cm³/mol. The molecular weight excluding hydrogens is 246 g/mol. The van der Waals surface area contributed by atoms with E-state index in [2.05, 4.69) is 11.0 Å². The van der Waals surface area contributed by atoms with Crippen LogP contribution in [-0.4, -0.2) is 48.9 Å². The van der Waals surface area contributed by atoms with Crippen molar-refractivity contribution in [3.8, 4) is 5.75 Å². The number of carboxylic acids is 1. The maximum atomic E-state index is 10.4. The van der Waals surface area contributed by atoms with Gasteiger partial charge in [0.15, 0.2) is 0 Å². The number of hydrogen-bond donors (Lipinski definition) is 1. The van der Waals surface area contributed by atoms with Crippen LogP contribution in [0.1, 0.15) is 12.0 Å². The molecule has 1 aromatic rings. The summed E-state index contributed by atoms with van der Waals surface area (Å²) in [4.78, 5) is 12.8. The van der Waals surface area contributed by atoms with Crippen LogP contribution < -0.4 is 4.74 Å². The minimum absolute atomic E-state index is 0.0215. The lowest BCUT2D eigenvalue weighted by Gasteiger charge is -2.26. The van der Waals surface area contributed by atoms with Crippen LogP contribution in [0.3, 0.4) is 0 Å². The molecular formula is C14H19NO4. The SMILES string of the molecule is O=C(O)CCOc1cccc(CN2CCOCC2)c1. The second-order valence-corrected chi connectivity index (χ2v) is 4.53. The average molecular weight is 265 g/mol. The standard InChI is InChI=1S/C14H19NO4/c16-14(17)4-7-19-13-3-1-2-12(10-13)11-15-5-8-18-9-6-15/h1-3,10H,4-9,11H2,(H,16,17). The molecule has 0 saturated carbocycles. The van der Waals surface area contributed by atoms with Gasteiger partial charge < -0.3 is 14.6 Å². The van der Waals surface area contributed by atoms with E-state index in [-0.39, 0.29) is 13.0 Å². The van der Waals surface area contributed by atoms with E-state index in [1.165, 1.54) is 5.56 Å². The van der Waals surface area contributed by atoms with Crippen molar-refractivity contribution in [1.82, 2.24) is 4.90 Å². The van der Waals surface area contributed by atoms with Crippen molar-refractivity contribution in [3.05, 3.63) is 29.8 Å². The zero-order valence-corrected chi connectivity index (χ0v) is 10.9. The number of benzene rings is 1. The van der Waals surface area contributed by atoms with Crippen LogP contribution in [0.4, 0.5) is 0 Å². The van der Waals surface area contributed by atoms with Crippen molar-refractivity contribution in [1.29, 1.82) is 0 Å². The smallest absolute Gasteiger partial charge is 0.306 e. The van der Waals surface area contributed by atoms with Crippen molar-refractivity contribution in [2.24, 2.45) is 0 Å². The number of carboxylic acid groups (broad SMARTS) is 1. The van der Waals surface area contributed by atoms with E-state index >= 15 is 0 Å². The molecule has 0 aromatic heterocycles. The Balaban J connectivity index is 1.85. The van der Waals surface area contributed by atoms with Crippen molar-refractivity contribution in [3.63, 3.8) is 0 Å². The zero-order chi connectivity index (χ0) is 13.5. The Labute approximate surface area is 112 Å². The lowest BCUT2D eigenvalue weighted by Crippen LogP contribution is -2.35. The third-order valence-corrected chi connectivity index (χ3v) is 2.99. The van der Waals surface area contributed by atoms with Gasteiger partial charge in [-0.1, -0.05) is 12.1 Å². The molecule has 1 saturated heterocycles. The van der Waals surface area contributed by atoms with E-state index in [4.69, 9.17) is 14.6 Å². The Kier molecular flexibility index (Phi) is 5.18. The summed E-state index contributed by atoms with van der Waals surface area (Å²) >= 11 is 0. The topological polar surface area (TPSA) is 59.0 Å². The summed E-state index contributed by atoms with van der Waals surface area (Å²) in [6, 6.07) is 7.81. The summed E-state index contributed by atoms with van der Waals surface area (Å²) in [5.41, 5.74) is 1.18. The van der Waals surface area contributed by atoms with Gasteiger partial charge in [-0.15, -0.1) is 0 Å². The maximum absolute atomic E-state index is 10.4. The fourth-order valence-electron chi connectivity index (χ4n) is 2.01. The highest BCUT2D eigenvalue weighted by Crippen LogP contribution is 2.15. The maximum Gasteiger partial charge on any atom is 0.306 e. The molecule has 1 aliphatic heterocycles. The molecule has 5 heteroatoms. The third-order valence-electron chi connectivity index (χ3n) is 2.99. The van der Waals surface area contributed by atoms with Gasteiger partial charge in [0.25, 0.3) is 0 Å². The predicted octanol–water partition coefficient (Wildman–Crippen LogP) is 1.37. The highest BCUT2D eigenvalue weighted by atomic mass is 16.5. The summed E-state index contributed by atoms with van der Waals surface area (Å²) in [6.07, 6.45) is 0.0215. The van der Waals surface area contributed by atoms with Crippen LogP contribution in [0.5, 0.6) is 5.75 Å². The van der Waals surface area contributed by atoms with Gasteiger partial charge in [0.05, 0.1) is 26.2 Å². The number of carbonyl (C=O) groups is 1. The first-order chi connectivity index (χ1) is 9.24. The Morgan fingerprint density at radius 3 is 2.89 bits per heavy atom. The van der Waals surface area contributed by atoms with Crippen LogP contribution in [0.25, 0.3) is 0 Å². The molecule has 0 aliphatic carbocycles. The molecule has 0 amide bonds. The molecule has 0 radical (unpaired) electrons. The molecule has 1 aromatic carbocycles. The van der Waals surface area contributed by atoms with Gasteiger partial charge in [-0.25, -0.2) is 0 Å². The Morgan fingerprint density at radius 1 is 1.37 bits per heavy atom. The highest BCUT2D eigenvalue weighted by Gasteiger charge is 2.10. The third kappa shape index (κ3) is 4.89. The van der Waals surface area contributed by atoms with Crippen molar-refractivity contribution in [2.45, 2.75) is 13.0 Å². The van der Waals surface area contributed by atoms with E-state index in [1.807, 2.05) is 18.2 Å². The second-order valence-electron chi connectivity index (χ2n) is 4.53. The first-order valence-electron chi connectivity index (χ1n) is 6.48. The number of aliphatic carboxylic acids is 1. The fourth-order valence-corrected chi connectivity index (χ4v) is 2.01. The van der Waals surface area contributed by atoms with Crippen LogP contribution in [0.2, 0.25) is 0 Å². The molecule has 1 N–H and O–H groups in total. The Morgan fingerprint density at radius 2 is 2.16 bits per heavy atom. The first kappa shape index (κ1) is 13.8. The minimum atomic E-state index is -0.843. The normalized spacial score (nSPS) is 16.2. The van der Waals surface area contributed by atoms with E-state index < -0.39 is 5.97 Å². The quantitative estimate of drug-likeness (QED) is 0.842. The zero-order valence-electron chi connectivity index (χ0n) is 10.9. The first-order valence-corrected chi connectivity index (χ1v) is 6.48.